The Labute approximate surface area is 117 Å². The highest BCUT2D eigenvalue weighted by atomic mass is 16.5. The van der Waals surface area contributed by atoms with Crippen LogP contribution in [0.1, 0.15) is 12.2 Å². The van der Waals surface area contributed by atoms with E-state index in [1.807, 2.05) is 24.3 Å². The van der Waals surface area contributed by atoms with Crippen molar-refractivity contribution >= 4 is 5.69 Å². The predicted octanol–water partition coefficient (Wildman–Crippen LogP) is 1.72. The molecule has 108 valence electrons. The number of aliphatic hydroxyl groups excluding tert-OH is 1. The van der Waals surface area contributed by atoms with Gasteiger partial charge in [0.15, 0.2) is 5.82 Å². The molecule has 6 heteroatoms. The van der Waals surface area contributed by atoms with Crippen LogP contribution in [0.15, 0.2) is 28.8 Å². The Hall–Kier alpha value is -1.92. The third kappa shape index (κ3) is 4.04. The lowest BCUT2D eigenvalue weighted by molar-refractivity contribution is 0.194. The molecule has 0 spiro atoms. The molecule has 2 aromatic rings. The van der Waals surface area contributed by atoms with Crippen LogP contribution < -0.4 is 5.32 Å². The van der Waals surface area contributed by atoms with Gasteiger partial charge in [-0.2, -0.15) is 4.98 Å². The Kier molecular flexibility index (Phi) is 5.52. The Bertz CT molecular complexity index is 511. The fraction of sp³-hybridized carbons (Fsp3) is 0.429. The van der Waals surface area contributed by atoms with E-state index in [1.165, 1.54) is 0 Å². The van der Waals surface area contributed by atoms with Crippen molar-refractivity contribution in [3.63, 3.8) is 0 Å². The zero-order valence-corrected chi connectivity index (χ0v) is 11.5. The van der Waals surface area contributed by atoms with Crippen molar-refractivity contribution in [1.29, 1.82) is 0 Å². The van der Waals surface area contributed by atoms with Crippen molar-refractivity contribution in [2.75, 3.05) is 32.2 Å². The molecule has 0 saturated carbocycles. The lowest BCUT2D eigenvalue weighted by Gasteiger charge is -2.03. The van der Waals surface area contributed by atoms with Crippen LogP contribution in [0, 0.1) is 0 Å². The van der Waals surface area contributed by atoms with Crippen molar-refractivity contribution in [2.24, 2.45) is 0 Å². The summed E-state index contributed by atoms with van der Waals surface area (Å²) in [5.41, 5.74) is 1.83. The molecule has 0 bridgehead atoms. The quantitative estimate of drug-likeness (QED) is 0.715. The molecule has 0 saturated heterocycles. The van der Waals surface area contributed by atoms with Crippen LogP contribution in [0.4, 0.5) is 5.69 Å². The van der Waals surface area contributed by atoms with E-state index in [0.717, 1.165) is 24.1 Å². The van der Waals surface area contributed by atoms with Gasteiger partial charge in [0.2, 0.25) is 0 Å². The molecule has 20 heavy (non-hydrogen) atoms. The zero-order chi connectivity index (χ0) is 14.2. The smallest absolute Gasteiger partial charge is 0.257 e. The number of anilines is 1. The highest BCUT2D eigenvalue weighted by Crippen LogP contribution is 2.19. The SMILES string of the molecule is COCCCc1noc(-c2ccc(NCCO)cc2)n1. The van der Waals surface area contributed by atoms with E-state index in [-0.39, 0.29) is 6.61 Å². The molecule has 2 rings (SSSR count). The summed E-state index contributed by atoms with van der Waals surface area (Å²) in [7, 11) is 1.67. The van der Waals surface area contributed by atoms with Gasteiger partial charge < -0.3 is 19.7 Å². The third-order valence-corrected chi connectivity index (χ3v) is 2.79. The maximum atomic E-state index is 8.75. The molecular weight excluding hydrogens is 258 g/mol. The van der Waals surface area contributed by atoms with Gasteiger partial charge in [-0.1, -0.05) is 5.16 Å². The topological polar surface area (TPSA) is 80.4 Å². The van der Waals surface area contributed by atoms with Gasteiger partial charge >= 0.3 is 0 Å². The predicted molar refractivity (Wildman–Crippen MR) is 75.5 cm³/mol. The number of hydrogen-bond acceptors (Lipinski definition) is 6. The van der Waals surface area contributed by atoms with Gasteiger partial charge in [0.05, 0.1) is 6.61 Å². The van der Waals surface area contributed by atoms with E-state index in [4.69, 9.17) is 14.4 Å². The van der Waals surface area contributed by atoms with E-state index >= 15 is 0 Å². The van der Waals surface area contributed by atoms with Crippen LogP contribution in [-0.4, -0.2) is 42.1 Å². The van der Waals surface area contributed by atoms with Crippen LogP contribution >= 0.6 is 0 Å². The van der Waals surface area contributed by atoms with Gasteiger partial charge in [0.1, 0.15) is 0 Å². The third-order valence-electron chi connectivity index (χ3n) is 2.79. The van der Waals surface area contributed by atoms with Crippen molar-refractivity contribution in [1.82, 2.24) is 10.1 Å². The molecule has 1 aromatic heterocycles. The van der Waals surface area contributed by atoms with Crippen molar-refractivity contribution < 1.29 is 14.4 Å². The fourth-order valence-electron chi connectivity index (χ4n) is 1.78. The van der Waals surface area contributed by atoms with E-state index < -0.39 is 0 Å². The van der Waals surface area contributed by atoms with Gasteiger partial charge in [-0.15, -0.1) is 0 Å². The first-order chi connectivity index (χ1) is 9.83. The molecule has 0 fully saturated rings. The normalized spacial score (nSPS) is 10.7. The molecule has 0 atom stereocenters. The lowest BCUT2D eigenvalue weighted by atomic mass is 10.2. The average molecular weight is 277 g/mol. The summed E-state index contributed by atoms with van der Waals surface area (Å²) in [6.07, 6.45) is 1.62. The number of nitrogens with zero attached hydrogens (tertiary/aromatic N) is 2. The van der Waals surface area contributed by atoms with E-state index in [1.54, 1.807) is 7.11 Å². The van der Waals surface area contributed by atoms with Gasteiger partial charge in [-0.3, -0.25) is 0 Å². The minimum atomic E-state index is 0.107. The summed E-state index contributed by atoms with van der Waals surface area (Å²) < 4.78 is 10.2. The Balaban J connectivity index is 1.97. The number of ether oxygens (including phenoxy) is 1. The summed E-state index contributed by atoms with van der Waals surface area (Å²) in [6.45, 7) is 1.33. The maximum absolute atomic E-state index is 8.75. The molecule has 6 nitrogen and oxygen atoms in total. The number of benzene rings is 1. The molecule has 0 aliphatic heterocycles. The molecule has 1 heterocycles. The molecule has 1 aromatic carbocycles. The summed E-state index contributed by atoms with van der Waals surface area (Å²) >= 11 is 0. The minimum absolute atomic E-state index is 0.107. The standard InChI is InChI=1S/C14H19N3O3/c1-19-10-2-3-13-16-14(20-17-13)11-4-6-12(7-5-11)15-8-9-18/h4-7,15,18H,2-3,8-10H2,1H3. The Morgan fingerprint density at radius 3 is 2.80 bits per heavy atom. The number of aromatic nitrogens is 2. The molecule has 0 amide bonds. The van der Waals surface area contributed by atoms with Crippen LogP contribution in [-0.2, 0) is 11.2 Å². The first kappa shape index (κ1) is 14.5. The second-order valence-electron chi connectivity index (χ2n) is 4.34. The van der Waals surface area contributed by atoms with Crippen molar-refractivity contribution in [2.45, 2.75) is 12.8 Å². The molecular formula is C14H19N3O3. The number of hydrogen-bond donors (Lipinski definition) is 2. The first-order valence-corrected chi connectivity index (χ1v) is 6.60. The Morgan fingerprint density at radius 2 is 2.10 bits per heavy atom. The van der Waals surface area contributed by atoms with Crippen LogP contribution in [0.2, 0.25) is 0 Å². The summed E-state index contributed by atoms with van der Waals surface area (Å²) in [5, 5.41) is 15.8. The second kappa shape index (κ2) is 7.62. The largest absolute Gasteiger partial charge is 0.395 e. The first-order valence-electron chi connectivity index (χ1n) is 6.60. The molecule has 0 radical (unpaired) electrons. The van der Waals surface area contributed by atoms with Gasteiger partial charge in [0.25, 0.3) is 5.89 Å². The van der Waals surface area contributed by atoms with Crippen LogP contribution in [0.25, 0.3) is 11.5 Å². The number of rotatable bonds is 8. The van der Waals surface area contributed by atoms with Crippen LogP contribution in [0.5, 0.6) is 0 Å². The molecule has 0 aliphatic rings. The van der Waals surface area contributed by atoms with E-state index in [0.29, 0.717) is 24.9 Å². The number of methoxy groups -OCH3 is 1. The lowest BCUT2D eigenvalue weighted by Crippen LogP contribution is -2.04. The highest BCUT2D eigenvalue weighted by Gasteiger charge is 2.08. The number of nitrogens with one attached hydrogen (secondary N) is 1. The molecule has 0 aliphatic carbocycles. The molecule has 0 unspecified atom stereocenters. The Morgan fingerprint density at radius 1 is 1.30 bits per heavy atom. The average Bonchev–Trinajstić information content (AvgIpc) is 2.95. The summed E-state index contributed by atoms with van der Waals surface area (Å²) in [4.78, 5) is 4.35. The van der Waals surface area contributed by atoms with E-state index in [2.05, 4.69) is 15.5 Å². The van der Waals surface area contributed by atoms with Gasteiger partial charge in [-0.25, -0.2) is 0 Å². The van der Waals surface area contributed by atoms with Crippen LogP contribution in [0.3, 0.4) is 0 Å². The summed E-state index contributed by atoms with van der Waals surface area (Å²) in [6, 6.07) is 7.65. The second-order valence-corrected chi connectivity index (χ2v) is 4.34. The van der Waals surface area contributed by atoms with Crippen molar-refractivity contribution in [3.8, 4) is 11.5 Å². The maximum Gasteiger partial charge on any atom is 0.257 e. The minimum Gasteiger partial charge on any atom is -0.395 e. The monoisotopic (exact) mass is 277 g/mol. The fourth-order valence-corrected chi connectivity index (χ4v) is 1.78. The highest BCUT2D eigenvalue weighted by molar-refractivity contribution is 5.58. The number of aliphatic hydroxyl groups is 1. The molecule has 2 N–H and O–H groups in total. The summed E-state index contributed by atoms with van der Waals surface area (Å²) in [5.74, 6) is 1.21. The number of aryl methyl sites for hydroxylation is 1. The van der Waals surface area contributed by atoms with E-state index in [9.17, 15) is 0 Å². The zero-order valence-electron chi connectivity index (χ0n) is 11.5. The van der Waals surface area contributed by atoms with Crippen molar-refractivity contribution in [3.05, 3.63) is 30.1 Å². The van der Waals surface area contributed by atoms with Gasteiger partial charge in [-0.05, 0) is 30.7 Å². The van der Waals surface area contributed by atoms with Gasteiger partial charge in [0, 0.05) is 37.9 Å².